The number of carbonyl (C=O) groups excluding carboxylic acids is 4. The summed E-state index contributed by atoms with van der Waals surface area (Å²) in [6.45, 7) is 1.33. The third-order valence-corrected chi connectivity index (χ3v) is 7.89. The van der Waals surface area contributed by atoms with E-state index >= 15 is 0 Å². The zero-order valence-corrected chi connectivity index (χ0v) is 20.4. The highest BCUT2D eigenvalue weighted by molar-refractivity contribution is 7.98. The minimum atomic E-state index is -0.823. The third-order valence-electron chi connectivity index (χ3n) is 7.25. The molecule has 4 atom stereocenters. The number of imide groups is 1. The summed E-state index contributed by atoms with van der Waals surface area (Å²) in [4.78, 5) is 58.7. The van der Waals surface area contributed by atoms with Crippen LogP contribution in [-0.4, -0.2) is 64.7 Å². The van der Waals surface area contributed by atoms with Gasteiger partial charge in [0.25, 0.3) is 0 Å². The highest BCUT2D eigenvalue weighted by atomic mass is 32.2. The summed E-state index contributed by atoms with van der Waals surface area (Å²) in [7, 11) is 0. The Balaban J connectivity index is 1.45. The van der Waals surface area contributed by atoms with E-state index in [4.69, 9.17) is 5.73 Å². The predicted octanol–water partition coefficient (Wildman–Crippen LogP) is 2.02. The molecule has 34 heavy (non-hydrogen) atoms. The first-order valence-corrected chi connectivity index (χ1v) is 13.5. The Bertz CT molecular complexity index is 916. The molecular formula is C24H33N5O4S. The van der Waals surface area contributed by atoms with Crippen LogP contribution in [0.2, 0.25) is 0 Å². The average molecular weight is 488 g/mol. The van der Waals surface area contributed by atoms with E-state index in [1.807, 2.05) is 11.2 Å². The SMILES string of the molecule is CSCCC(C(=O)Nc1ccc(N2CCCC(C(N)=O)C2)nc1)N1C(=O)C2CCCCC2C1=O. The van der Waals surface area contributed by atoms with Gasteiger partial charge in [-0.1, -0.05) is 12.8 Å². The zero-order valence-electron chi connectivity index (χ0n) is 19.6. The first-order valence-electron chi connectivity index (χ1n) is 12.1. The van der Waals surface area contributed by atoms with Gasteiger partial charge in [-0.3, -0.25) is 24.1 Å². The number of pyridine rings is 1. The van der Waals surface area contributed by atoms with Gasteiger partial charge in [-0.15, -0.1) is 0 Å². The minimum Gasteiger partial charge on any atom is -0.369 e. The summed E-state index contributed by atoms with van der Waals surface area (Å²) in [6.07, 6.45) is 8.92. The second kappa shape index (κ2) is 10.8. The fourth-order valence-corrected chi connectivity index (χ4v) is 5.85. The largest absolute Gasteiger partial charge is 0.369 e. The van der Waals surface area contributed by atoms with Crippen molar-refractivity contribution >= 4 is 46.9 Å². The van der Waals surface area contributed by atoms with Crippen LogP contribution in [0.5, 0.6) is 0 Å². The first kappa shape index (κ1) is 24.5. The van der Waals surface area contributed by atoms with E-state index in [-0.39, 0.29) is 41.4 Å². The molecule has 1 saturated carbocycles. The number of carbonyl (C=O) groups is 4. The van der Waals surface area contributed by atoms with E-state index < -0.39 is 6.04 Å². The molecule has 9 nitrogen and oxygen atoms in total. The summed E-state index contributed by atoms with van der Waals surface area (Å²) in [5, 5.41) is 2.86. The maximum atomic E-state index is 13.3. The first-order chi connectivity index (χ1) is 16.4. The van der Waals surface area contributed by atoms with Crippen molar-refractivity contribution in [3.63, 3.8) is 0 Å². The van der Waals surface area contributed by atoms with Gasteiger partial charge in [0.2, 0.25) is 23.6 Å². The van der Waals surface area contributed by atoms with Gasteiger partial charge in [0.05, 0.1) is 29.6 Å². The van der Waals surface area contributed by atoms with E-state index in [1.54, 1.807) is 30.1 Å². The summed E-state index contributed by atoms with van der Waals surface area (Å²) in [6, 6.07) is 2.74. The van der Waals surface area contributed by atoms with Crippen molar-refractivity contribution in [3.8, 4) is 0 Å². The Kier molecular flexibility index (Phi) is 7.75. The van der Waals surface area contributed by atoms with Crippen molar-refractivity contribution in [3.05, 3.63) is 18.3 Å². The summed E-state index contributed by atoms with van der Waals surface area (Å²) >= 11 is 1.58. The Morgan fingerprint density at radius 1 is 1.15 bits per heavy atom. The van der Waals surface area contributed by atoms with Gasteiger partial charge in [0.15, 0.2) is 0 Å². The van der Waals surface area contributed by atoms with Crippen LogP contribution in [-0.2, 0) is 19.2 Å². The molecule has 4 amide bonds. The predicted molar refractivity (Wildman–Crippen MR) is 131 cm³/mol. The topological polar surface area (TPSA) is 126 Å². The molecule has 3 heterocycles. The molecule has 0 aromatic carbocycles. The van der Waals surface area contributed by atoms with Crippen LogP contribution in [0, 0.1) is 17.8 Å². The lowest BCUT2D eigenvalue weighted by molar-refractivity contribution is -0.146. The number of amides is 4. The Labute approximate surface area is 204 Å². The molecule has 1 aromatic rings. The number of thioether (sulfide) groups is 1. The van der Waals surface area contributed by atoms with Gasteiger partial charge in [-0.25, -0.2) is 4.98 Å². The van der Waals surface area contributed by atoms with Gasteiger partial charge < -0.3 is 16.0 Å². The molecule has 3 fully saturated rings. The van der Waals surface area contributed by atoms with Crippen molar-refractivity contribution in [2.75, 3.05) is 35.3 Å². The monoisotopic (exact) mass is 487 g/mol. The number of piperidine rings is 1. The highest BCUT2D eigenvalue weighted by Crippen LogP contribution is 2.39. The molecule has 0 radical (unpaired) electrons. The van der Waals surface area contributed by atoms with Gasteiger partial charge in [0, 0.05) is 13.1 Å². The zero-order chi connectivity index (χ0) is 24.2. The molecule has 10 heteroatoms. The number of rotatable bonds is 8. The molecule has 184 valence electrons. The second-order valence-corrected chi connectivity index (χ2v) is 10.4. The molecule has 4 rings (SSSR count). The summed E-state index contributed by atoms with van der Waals surface area (Å²) < 4.78 is 0. The molecule has 2 aliphatic heterocycles. The van der Waals surface area contributed by atoms with Crippen molar-refractivity contribution in [2.45, 2.75) is 51.0 Å². The van der Waals surface area contributed by atoms with Crippen LogP contribution >= 0.6 is 11.8 Å². The van der Waals surface area contributed by atoms with E-state index in [0.717, 1.165) is 50.9 Å². The number of fused-ring (bicyclic) bond motifs is 1. The van der Waals surface area contributed by atoms with E-state index in [2.05, 4.69) is 10.3 Å². The number of hydrogen-bond acceptors (Lipinski definition) is 7. The molecule has 3 N–H and O–H groups in total. The van der Waals surface area contributed by atoms with E-state index in [9.17, 15) is 19.2 Å². The summed E-state index contributed by atoms with van der Waals surface area (Å²) in [5.41, 5.74) is 5.97. The van der Waals surface area contributed by atoms with Crippen molar-refractivity contribution < 1.29 is 19.2 Å². The van der Waals surface area contributed by atoms with Gasteiger partial charge >= 0.3 is 0 Å². The minimum absolute atomic E-state index is 0.189. The quantitative estimate of drug-likeness (QED) is 0.537. The van der Waals surface area contributed by atoms with Crippen LogP contribution in [0.15, 0.2) is 18.3 Å². The smallest absolute Gasteiger partial charge is 0.247 e. The van der Waals surface area contributed by atoms with Crippen molar-refractivity contribution in [2.24, 2.45) is 23.5 Å². The van der Waals surface area contributed by atoms with E-state index in [1.165, 1.54) is 4.90 Å². The van der Waals surface area contributed by atoms with Gasteiger partial charge in [0.1, 0.15) is 11.9 Å². The summed E-state index contributed by atoms with van der Waals surface area (Å²) in [5.74, 6) is -0.412. The van der Waals surface area contributed by atoms with Crippen LogP contribution in [0.25, 0.3) is 0 Å². The molecule has 1 aromatic heterocycles. The normalized spacial score (nSPS) is 25.7. The van der Waals surface area contributed by atoms with Crippen LogP contribution in [0.1, 0.15) is 44.9 Å². The lowest BCUT2D eigenvalue weighted by atomic mass is 9.81. The van der Waals surface area contributed by atoms with Gasteiger partial charge in [-0.05, 0) is 56.2 Å². The molecule has 0 bridgehead atoms. The molecule has 1 aliphatic carbocycles. The number of primary amides is 1. The maximum absolute atomic E-state index is 13.3. The number of nitrogens with one attached hydrogen (secondary N) is 1. The fraction of sp³-hybridized carbons (Fsp3) is 0.625. The lowest BCUT2D eigenvalue weighted by Gasteiger charge is -2.32. The Morgan fingerprint density at radius 3 is 2.44 bits per heavy atom. The Hall–Kier alpha value is -2.62. The van der Waals surface area contributed by atoms with Crippen LogP contribution in [0.3, 0.4) is 0 Å². The van der Waals surface area contributed by atoms with Crippen molar-refractivity contribution in [1.82, 2.24) is 9.88 Å². The standard InChI is InChI=1S/C24H33N5O4S/c1-34-12-10-19(29-23(32)17-6-2-3-7-18(17)24(29)33)22(31)27-16-8-9-20(26-13-16)28-11-4-5-15(14-28)21(25)30/h8-9,13,15,17-19H,2-7,10-12,14H2,1H3,(H2,25,30)(H,27,31). The number of nitrogens with zero attached hydrogens (tertiary/aromatic N) is 3. The Morgan fingerprint density at radius 2 is 1.85 bits per heavy atom. The third kappa shape index (κ3) is 5.06. The second-order valence-electron chi connectivity index (χ2n) is 9.42. The average Bonchev–Trinajstić information content (AvgIpc) is 3.10. The number of hydrogen-bond donors (Lipinski definition) is 2. The van der Waals surface area contributed by atoms with Gasteiger partial charge in [-0.2, -0.15) is 11.8 Å². The van der Waals surface area contributed by atoms with Crippen molar-refractivity contribution in [1.29, 1.82) is 0 Å². The molecule has 4 unspecified atom stereocenters. The molecular weight excluding hydrogens is 454 g/mol. The highest BCUT2D eigenvalue weighted by Gasteiger charge is 2.51. The lowest BCUT2D eigenvalue weighted by Crippen LogP contribution is -2.48. The van der Waals surface area contributed by atoms with Crippen LogP contribution in [0.4, 0.5) is 11.5 Å². The molecule has 2 saturated heterocycles. The number of likely N-dealkylation sites (tertiary alicyclic amines) is 1. The fourth-order valence-electron chi connectivity index (χ4n) is 5.39. The maximum Gasteiger partial charge on any atom is 0.247 e. The number of aromatic nitrogens is 1. The molecule has 3 aliphatic rings. The number of anilines is 2. The van der Waals surface area contributed by atoms with Crippen LogP contribution < -0.4 is 16.0 Å². The number of nitrogens with two attached hydrogens (primary N) is 1. The van der Waals surface area contributed by atoms with E-state index in [0.29, 0.717) is 24.4 Å². The molecule has 0 spiro atoms.